The third-order valence-corrected chi connectivity index (χ3v) is 2.68. The van der Waals surface area contributed by atoms with Gasteiger partial charge in [0.05, 0.1) is 6.61 Å². The molecule has 78 valence electrons. The van der Waals surface area contributed by atoms with E-state index in [1.165, 1.54) is 5.56 Å². The van der Waals surface area contributed by atoms with Crippen LogP contribution in [-0.2, 0) is 6.54 Å². The lowest BCUT2D eigenvalue weighted by Crippen LogP contribution is -2.95. The first-order valence-corrected chi connectivity index (χ1v) is 5.52. The molecule has 0 radical (unpaired) electrons. The van der Waals surface area contributed by atoms with Gasteiger partial charge in [-0.15, -0.1) is 0 Å². The Labute approximate surface area is 93.5 Å². The number of nitrogens with two attached hydrogens (primary N) is 1. The van der Waals surface area contributed by atoms with Crippen LogP contribution in [0.5, 0.6) is 0 Å². The highest BCUT2D eigenvalue weighted by molar-refractivity contribution is 9.10. The van der Waals surface area contributed by atoms with E-state index in [0.29, 0.717) is 0 Å². The van der Waals surface area contributed by atoms with E-state index in [-0.39, 0.29) is 12.1 Å². The van der Waals surface area contributed by atoms with Crippen LogP contribution in [0.4, 0.5) is 0 Å². The van der Waals surface area contributed by atoms with Crippen molar-refractivity contribution < 1.29 is 10.4 Å². The number of hydrogen-bond donors (Lipinski definition) is 2. The van der Waals surface area contributed by atoms with Gasteiger partial charge in [-0.25, -0.2) is 0 Å². The standard InChI is InChI=1S/C11H16BrNO/c1-11(2,8-14)13-7-9-4-3-5-10(12)6-9/h3-6,13-14H,7-8H2,1-2H3/p+1. The summed E-state index contributed by atoms with van der Waals surface area (Å²) in [6.07, 6.45) is 0. The van der Waals surface area contributed by atoms with Crippen molar-refractivity contribution in [2.24, 2.45) is 0 Å². The molecule has 0 unspecified atom stereocenters. The van der Waals surface area contributed by atoms with Crippen LogP contribution in [0.2, 0.25) is 0 Å². The molecule has 3 heteroatoms. The topological polar surface area (TPSA) is 36.8 Å². The fourth-order valence-corrected chi connectivity index (χ4v) is 1.57. The molecule has 0 aliphatic rings. The van der Waals surface area contributed by atoms with E-state index in [0.717, 1.165) is 11.0 Å². The second-order valence-electron chi connectivity index (χ2n) is 4.18. The van der Waals surface area contributed by atoms with E-state index in [9.17, 15) is 0 Å². The number of halogens is 1. The van der Waals surface area contributed by atoms with E-state index < -0.39 is 0 Å². The SMILES string of the molecule is CC(C)(CO)[NH2+]Cc1cccc(Br)c1. The van der Waals surface area contributed by atoms with Gasteiger partial charge in [0.25, 0.3) is 0 Å². The summed E-state index contributed by atoms with van der Waals surface area (Å²) in [6.45, 7) is 5.16. The Hall–Kier alpha value is -0.380. The molecule has 14 heavy (non-hydrogen) atoms. The number of aliphatic hydroxyl groups excluding tert-OH is 1. The van der Waals surface area contributed by atoms with Gasteiger partial charge in [0.15, 0.2) is 0 Å². The summed E-state index contributed by atoms with van der Waals surface area (Å²) < 4.78 is 1.10. The first kappa shape index (κ1) is 11.7. The number of rotatable bonds is 4. The first-order valence-electron chi connectivity index (χ1n) is 4.73. The number of benzene rings is 1. The summed E-state index contributed by atoms with van der Waals surface area (Å²) in [5.41, 5.74) is 1.17. The van der Waals surface area contributed by atoms with Crippen molar-refractivity contribution in [3.05, 3.63) is 34.3 Å². The number of aliphatic hydroxyl groups is 1. The van der Waals surface area contributed by atoms with Gasteiger partial charge in [0.2, 0.25) is 0 Å². The Morgan fingerprint density at radius 3 is 2.71 bits per heavy atom. The molecular weight excluding hydrogens is 242 g/mol. The summed E-state index contributed by atoms with van der Waals surface area (Å²) in [7, 11) is 0. The molecule has 1 rings (SSSR count). The lowest BCUT2D eigenvalue weighted by Gasteiger charge is -2.19. The fraction of sp³-hybridized carbons (Fsp3) is 0.455. The minimum absolute atomic E-state index is 0.0949. The molecule has 0 aromatic heterocycles. The van der Waals surface area contributed by atoms with Gasteiger partial charge >= 0.3 is 0 Å². The van der Waals surface area contributed by atoms with E-state index in [1.807, 2.05) is 26.0 Å². The molecule has 1 aromatic rings. The van der Waals surface area contributed by atoms with Crippen LogP contribution in [0.15, 0.2) is 28.7 Å². The largest absolute Gasteiger partial charge is 0.390 e. The van der Waals surface area contributed by atoms with Gasteiger partial charge in [0.1, 0.15) is 12.1 Å². The molecule has 0 aliphatic heterocycles. The van der Waals surface area contributed by atoms with Crippen LogP contribution in [0.3, 0.4) is 0 Å². The zero-order valence-electron chi connectivity index (χ0n) is 8.63. The molecule has 0 heterocycles. The van der Waals surface area contributed by atoms with Crippen LogP contribution >= 0.6 is 15.9 Å². The average molecular weight is 259 g/mol. The minimum atomic E-state index is -0.0949. The van der Waals surface area contributed by atoms with Crippen molar-refractivity contribution >= 4 is 15.9 Å². The molecule has 1 aromatic carbocycles. The molecule has 0 atom stereocenters. The Balaban J connectivity index is 2.54. The lowest BCUT2D eigenvalue weighted by atomic mass is 10.1. The highest BCUT2D eigenvalue weighted by Crippen LogP contribution is 2.10. The zero-order valence-corrected chi connectivity index (χ0v) is 10.2. The van der Waals surface area contributed by atoms with E-state index in [2.05, 4.69) is 33.4 Å². The van der Waals surface area contributed by atoms with Crippen molar-refractivity contribution in [3.8, 4) is 0 Å². The Kier molecular flexibility index (Phi) is 4.11. The highest BCUT2D eigenvalue weighted by Gasteiger charge is 2.19. The van der Waals surface area contributed by atoms with Crippen LogP contribution in [0.1, 0.15) is 19.4 Å². The van der Waals surface area contributed by atoms with Crippen molar-refractivity contribution in [1.29, 1.82) is 0 Å². The summed E-state index contributed by atoms with van der Waals surface area (Å²) in [4.78, 5) is 0. The van der Waals surface area contributed by atoms with E-state index in [4.69, 9.17) is 5.11 Å². The molecule has 0 bridgehead atoms. The lowest BCUT2D eigenvalue weighted by molar-refractivity contribution is -0.736. The van der Waals surface area contributed by atoms with Crippen LogP contribution in [0, 0.1) is 0 Å². The molecule has 0 aliphatic carbocycles. The van der Waals surface area contributed by atoms with Crippen LogP contribution < -0.4 is 5.32 Å². The minimum Gasteiger partial charge on any atom is -0.390 e. The second-order valence-corrected chi connectivity index (χ2v) is 5.10. The molecule has 0 amide bonds. The van der Waals surface area contributed by atoms with Gasteiger partial charge < -0.3 is 10.4 Å². The Morgan fingerprint density at radius 2 is 2.14 bits per heavy atom. The van der Waals surface area contributed by atoms with Crippen LogP contribution in [-0.4, -0.2) is 17.3 Å². The van der Waals surface area contributed by atoms with Crippen molar-refractivity contribution in [2.75, 3.05) is 6.61 Å². The van der Waals surface area contributed by atoms with Crippen molar-refractivity contribution in [2.45, 2.75) is 25.9 Å². The molecule has 0 spiro atoms. The summed E-state index contributed by atoms with van der Waals surface area (Å²) in [5.74, 6) is 0. The maximum Gasteiger partial charge on any atom is 0.114 e. The predicted molar refractivity (Wildman–Crippen MR) is 60.9 cm³/mol. The number of quaternary nitrogens is 1. The third kappa shape index (κ3) is 3.78. The molecular formula is C11H17BrNO+. The smallest absolute Gasteiger partial charge is 0.114 e. The molecule has 2 nitrogen and oxygen atoms in total. The van der Waals surface area contributed by atoms with E-state index in [1.54, 1.807) is 0 Å². The summed E-state index contributed by atoms with van der Waals surface area (Å²) in [6, 6.07) is 8.23. The second kappa shape index (κ2) is 4.91. The monoisotopic (exact) mass is 258 g/mol. The number of hydrogen-bond acceptors (Lipinski definition) is 1. The predicted octanol–water partition coefficient (Wildman–Crippen LogP) is 1.28. The Bertz CT molecular complexity index is 299. The normalized spacial score (nSPS) is 11.7. The average Bonchev–Trinajstić information content (AvgIpc) is 2.15. The maximum atomic E-state index is 9.09. The van der Waals surface area contributed by atoms with E-state index >= 15 is 0 Å². The van der Waals surface area contributed by atoms with Gasteiger partial charge in [-0.05, 0) is 26.0 Å². The molecule has 0 fully saturated rings. The van der Waals surface area contributed by atoms with Crippen molar-refractivity contribution in [3.63, 3.8) is 0 Å². The van der Waals surface area contributed by atoms with Gasteiger partial charge in [-0.2, -0.15) is 0 Å². The summed E-state index contributed by atoms with van der Waals surface area (Å²) in [5, 5.41) is 11.2. The molecule has 0 saturated carbocycles. The van der Waals surface area contributed by atoms with Gasteiger partial charge in [-0.3, -0.25) is 0 Å². The first-order chi connectivity index (χ1) is 6.53. The highest BCUT2D eigenvalue weighted by atomic mass is 79.9. The third-order valence-electron chi connectivity index (χ3n) is 2.19. The summed E-state index contributed by atoms with van der Waals surface area (Å²) >= 11 is 3.44. The van der Waals surface area contributed by atoms with Crippen molar-refractivity contribution in [1.82, 2.24) is 0 Å². The quantitative estimate of drug-likeness (QED) is 0.839. The van der Waals surface area contributed by atoms with Gasteiger partial charge in [0, 0.05) is 10.0 Å². The van der Waals surface area contributed by atoms with Gasteiger partial charge in [-0.1, -0.05) is 28.1 Å². The zero-order chi connectivity index (χ0) is 10.6. The molecule has 3 N–H and O–H groups in total. The van der Waals surface area contributed by atoms with Crippen LogP contribution in [0.25, 0.3) is 0 Å². The maximum absolute atomic E-state index is 9.09. The molecule has 0 saturated heterocycles. The fourth-order valence-electron chi connectivity index (χ4n) is 1.12. The Morgan fingerprint density at radius 1 is 1.43 bits per heavy atom.